The summed E-state index contributed by atoms with van der Waals surface area (Å²) >= 11 is 1.25. The molecule has 4 nitrogen and oxygen atoms in total. The van der Waals surface area contributed by atoms with Gasteiger partial charge in [0.25, 0.3) is 0 Å². The number of nitrogens with one attached hydrogen (secondary N) is 1. The second kappa shape index (κ2) is 28.9. The minimum absolute atomic E-state index is 0. The van der Waals surface area contributed by atoms with Gasteiger partial charge in [0.2, 0.25) is 0 Å². The van der Waals surface area contributed by atoms with Gasteiger partial charge in [0.05, 0.1) is 9.75 Å². The van der Waals surface area contributed by atoms with E-state index in [1.165, 1.54) is 57.5 Å². The third-order valence-corrected chi connectivity index (χ3v) is 3.79. The van der Waals surface area contributed by atoms with Crippen LogP contribution in [0.3, 0.4) is 0 Å². The maximum absolute atomic E-state index is 10.8. The fraction of sp³-hybridized carbons (Fsp3) is 0.684. The van der Waals surface area contributed by atoms with E-state index in [0.717, 1.165) is 0 Å². The molecular formula is C19H40N2O2SY. The maximum atomic E-state index is 10.8. The second-order valence-electron chi connectivity index (χ2n) is 4.09. The number of Topliss-reactive ketones (excluding diaryl/α,β-unsaturated/α-hetero) is 2. The topological polar surface area (TPSA) is 81.2 Å². The van der Waals surface area contributed by atoms with Crippen molar-refractivity contribution in [1.29, 1.82) is 0 Å². The Morgan fingerprint density at radius 1 is 0.800 bits per heavy atom. The van der Waals surface area contributed by atoms with E-state index in [4.69, 9.17) is 0 Å². The molecule has 4 N–H and O–H groups in total. The van der Waals surface area contributed by atoms with Gasteiger partial charge in [0.15, 0.2) is 11.6 Å². The molecule has 2 rings (SSSR count). The van der Waals surface area contributed by atoms with E-state index in [-0.39, 0.29) is 50.4 Å². The number of piperidine rings is 1. The minimum atomic E-state index is 0. The van der Waals surface area contributed by atoms with Crippen molar-refractivity contribution >= 4 is 22.9 Å². The van der Waals surface area contributed by atoms with E-state index >= 15 is 0 Å². The quantitative estimate of drug-likeness (QED) is 0.531. The van der Waals surface area contributed by atoms with Gasteiger partial charge in [-0.25, -0.2) is 0 Å². The van der Waals surface area contributed by atoms with Crippen molar-refractivity contribution in [2.45, 2.75) is 74.7 Å². The standard InChI is InChI=1S/C8H8O2S.C5H11N.3C2H6.H3N.Y/c1-5(9)7-3-4-8(11-7)6(2)10;1-2-4-6-5-3-1;3*1-2;;/h3-4H,1-2H3;6H,1-5H2;3*1-2H3;1H3;. The first kappa shape index (κ1) is 36.1. The van der Waals surface area contributed by atoms with Crippen molar-refractivity contribution in [3.63, 3.8) is 0 Å². The number of hydrogen-bond acceptors (Lipinski definition) is 5. The van der Waals surface area contributed by atoms with E-state index in [2.05, 4.69) is 5.32 Å². The Balaban J connectivity index is -0.0000000821. The van der Waals surface area contributed by atoms with Crippen molar-refractivity contribution in [3.05, 3.63) is 21.9 Å². The van der Waals surface area contributed by atoms with E-state index in [9.17, 15) is 9.59 Å². The van der Waals surface area contributed by atoms with Gasteiger partial charge < -0.3 is 11.5 Å². The average Bonchev–Trinajstić information content (AvgIpc) is 3.13. The molecule has 0 spiro atoms. The van der Waals surface area contributed by atoms with Gasteiger partial charge in [-0.3, -0.25) is 9.59 Å². The summed E-state index contributed by atoms with van der Waals surface area (Å²) in [7, 11) is 0. The number of rotatable bonds is 2. The zero-order chi connectivity index (χ0) is 18.7. The molecule has 25 heavy (non-hydrogen) atoms. The number of hydrogen-bond donors (Lipinski definition) is 2. The van der Waals surface area contributed by atoms with Crippen LogP contribution in [0.5, 0.6) is 0 Å². The molecule has 0 aliphatic carbocycles. The smallest absolute Gasteiger partial charge is 0.169 e. The first-order valence-corrected chi connectivity index (χ1v) is 9.75. The summed E-state index contributed by atoms with van der Waals surface area (Å²) in [6.45, 7) is 17.5. The number of carbonyl (C=O) groups excluding carboxylic acids is 2. The van der Waals surface area contributed by atoms with Crippen LogP contribution in [-0.4, -0.2) is 24.7 Å². The molecule has 0 amide bonds. The summed E-state index contributed by atoms with van der Waals surface area (Å²) in [4.78, 5) is 22.9. The largest absolute Gasteiger partial charge is 0.344 e. The van der Waals surface area contributed by atoms with Gasteiger partial charge in [-0.2, -0.15) is 0 Å². The van der Waals surface area contributed by atoms with Crippen LogP contribution in [0.4, 0.5) is 0 Å². The number of thiophene rings is 1. The average molecular weight is 450 g/mol. The predicted molar refractivity (Wildman–Crippen MR) is 110 cm³/mol. The summed E-state index contributed by atoms with van der Waals surface area (Å²) in [6, 6.07) is 3.37. The summed E-state index contributed by atoms with van der Waals surface area (Å²) in [6.07, 6.45) is 4.22. The second-order valence-corrected chi connectivity index (χ2v) is 5.17. The van der Waals surface area contributed by atoms with Gasteiger partial charge in [0.1, 0.15) is 0 Å². The third kappa shape index (κ3) is 22.0. The molecule has 1 aromatic rings. The van der Waals surface area contributed by atoms with Crippen LogP contribution in [0, 0.1) is 0 Å². The van der Waals surface area contributed by atoms with Crippen molar-refractivity contribution in [1.82, 2.24) is 11.5 Å². The Bertz CT molecular complexity index is 353. The third-order valence-electron chi connectivity index (χ3n) is 2.51. The summed E-state index contributed by atoms with van der Waals surface area (Å²) in [5.74, 6) is 0.0324. The van der Waals surface area contributed by atoms with Crippen LogP contribution in [0.15, 0.2) is 12.1 Å². The summed E-state index contributed by atoms with van der Waals surface area (Å²) in [5.41, 5.74) is 0. The molecule has 0 bridgehead atoms. The van der Waals surface area contributed by atoms with Crippen molar-refractivity contribution < 1.29 is 42.3 Å². The van der Waals surface area contributed by atoms with E-state index in [1.807, 2.05) is 41.5 Å². The van der Waals surface area contributed by atoms with Crippen LogP contribution in [0.2, 0.25) is 0 Å². The Hall–Kier alpha value is 0.0639. The van der Waals surface area contributed by atoms with Crippen molar-refractivity contribution in [3.8, 4) is 0 Å². The Morgan fingerprint density at radius 2 is 1.12 bits per heavy atom. The maximum Gasteiger partial charge on any atom is 0.169 e. The van der Waals surface area contributed by atoms with Gasteiger partial charge in [0, 0.05) is 32.7 Å². The first-order valence-electron chi connectivity index (χ1n) is 8.93. The molecule has 1 aliphatic heterocycles. The fourth-order valence-electron chi connectivity index (χ4n) is 1.52. The molecule has 0 saturated carbocycles. The van der Waals surface area contributed by atoms with Crippen molar-refractivity contribution in [2.75, 3.05) is 13.1 Å². The van der Waals surface area contributed by atoms with Crippen LogP contribution in [0.25, 0.3) is 0 Å². The monoisotopic (exact) mass is 449 g/mol. The van der Waals surface area contributed by atoms with E-state index in [1.54, 1.807) is 12.1 Å². The Labute approximate surface area is 185 Å². The van der Waals surface area contributed by atoms with Crippen LogP contribution >= 0.6 is 11.3 Å². The van der Waals surface area contributed by atoms with Crippen molar-refractivity contribution in [2.24, 2.45) is 0 Å². The van der Waals surface area contributed by atoms with Gasteiger partial charge in [-0.1, -0.05) is 48.0 Å². The number of ketones is 2. The van der Waals surface area contributed by atoms with Gasteiger partial charge in [-0.05, 0) is 51.9 Å². The predicted octanol–water partition coefficient (Wildman–Crippen LogP) is 6.15. The molecule has 0 atom stereocenters. The molecule has 1 radical (unpaired) electrons. The Kier molecular flexibility index (Phi) is 41.6. The molecule has 0 aromatic carbocycles. The molecule has 147 valence electrons. The van der Waals surface area contributed by atoms with Gasteiger partial charge in [-0.15, -0.1) is 11.3 Å². The molecule has 2 heterocycles. The van der Waals surface area contributed by atoms with Crippen LogP contribution in [0.1, 0.15) is 94.0 Å². The minimum Gasteiger partial charge on any atom is -0.344 e. The SMILES string of the molecule is C1CCNCC1.CC.CC.CC.CC(=O)c1ccc(C(C)=O)s1.N.[Y]. The molecular weight excluding hydrogens is 409 g/mol. The number of carbonyl (C=O) groups is 2. The summed E-state index contributed by atoms with van der Waals surface area (Å²) < 4.78 is 0. The molecule has 1 fully saturated rings. The first-order chi connectivity index (χ1) is 11.1. The molecule has 1 aromatic heterocycles. The molecule has 1 aliphatic rings. The van der Waals surface area contributed by atoms with E-state index in [0.29, 0.717) is 9.75 Å². The normalized spacial score (nSPS) is 10.7. The van der Waals surface area contributed by atoms with Crippen LogP contribution in [-0.2, 0) is 32.7 Å². The zero-order valence-corrected chi connectivity index (χ0v) is 21.4. The molecule has 0 unspecified atom stereocenters. The Morgan fingerprint density at radius 3 is 1.24 bits per heavy atom. The molecule has 6 heteroatoms. The summed E-state index contributed by atoms with van der Waals surface area (Å²) in [5, 5.41) is 3.28. The fourth-order valence-corrected chi connectivity index (χ4v) is 2.31. The molecule has 1 saturated heterocycles. The van der Waals surface area contributed by atoms with Gasteiger partial charge >= 0.3 is 0 Å². The van der Waals surface area contributed by atoms with Crippen LogP contribution < -0.4 is 11.5 Å². The van der Waals surface area contributed by atoms with E-state index < -0.39 is 0 Å². The zero-order valence-electron chi connectivity index (χ0n) is 17.7.